The highest BCUT2D eigenvalue weighted by Crippen LogP contribution is 2.17. The zero-order valence-electron chi connectivity index (χ0n) is 12.1. The van der Waals surface area contributed by atoms with Gasteiger partial charge in [-0.3, -0.25) is 0 Å². The van der Waals surface area contributed by atoms with Gasteiger partial charge in [-0.15, -0.1) is 0 Å². The number of aliphatic hydroxyl groups excluding tert-OH is 1. The van der Waals surface area contributed by atoms with Crippen LogP contribution in [0.3, 0.4) is 0 Å². The van der Waals surface area contributed by atoms with E-state index in [1.807, 2.05) is 42.5 Å². The minimum absolute atomic E-state index is 0.0850. The van der Waals surface area contributed by atoms with E-state index in [1.54, 1.807) is 6.08 Å². The van der Waals surface area contributed by atoms with Crippen molar-refractivity contribution in [3.63, 3.8) is 0 Å². The fraction of sp³-hybridized carbons (Fsp3) is 0.222. The third-order valence-corrected chi connectivity index (χ3v) is 3.18. The molecule has 0 spiro atoms. The van der Waals surface area contributed by atoms with Crippen LogP contribution in [0.2, 0.25) is 0 Å². The van der Waals surface area contributed by atoms with Gasteiger partial charge in [-0.1, -0.05) is 55.1 Å². The van der Waals surface area contributed by atoms with Gasteiger partial charge in [0.1, 0.15) is 12.4 Å². The number of hydrogen-bond acceptors (Lipinski definition) is 3. The van der Waals surface area contributed by atoms with Crippen molar-refractivity contribution in [2.45, 2.75) is 19.7 Å². The molecule has 0 bridgehead atoms. The minimum atomic E-state index is 0.0850. The van der Waals surface area contributed by atoms with Crippen LogP contribution in [0.5, 0.6) is 5.75 Å². The van der Waals surface area contributed by atoms with Gasteiger partial charge in [-0.25, -0.2) is 0 Å². The van der Waals surface area contributed by atoms with Crippen molar-refractivity contribution in [1.29, 1.82) is 0 Å². The van der Waals surface area contributed by atoms with Gasteiger partial charge >= 0.3 is 0 Å². The summed E-state index contributed by atoms with van der Waals surface area (Å²) in [5.74, 6) is 0.889. The lowest BCUT2D eigenvalue weighted by atomic mass is 10.1. The molecule has 0 heterocycles. The second-order valence-electron chi connectivity index (χ2n) is 4.79. The monoisotopic (exact) mass is 283 g/mol. The second kappa shape index (κ2) is 8.25. The third-order valence-electron chi connectivity index (χ3n) is 3.18. The maximum Gasteiger partial charge on any atom is 0.124 e. The summed E-state index contributed by atoms with van der Waals surface area (Å²) in [6.07, 6.45) is 1.74. The van der Waals surface area contributed by atoms with Crippen molar-refractivity contribution in [3.8, 4) is 5.75 Å². The van der Waals surface area contributed by atoms with E-state index in [4.69, 9.17) is 9.84 Å². The number of aliphatic hydroxyl groups is 1. The van der Waals surface area contributed by atoms with E-state index in [2.05, 4.69) is 18.0 Å². The predicted octanol–water partition coefficient (Wildman–Crippen LogP) is 3.03. The molecule has 2 N–H and O–H groups in total. The van der Waals surface area contributed by atoms with Gasteiger partial charge in [0.25, 0.3) is 0 Å². The smallest absolute Gasteiger partial charge is 0.124 e. The van der Waals surface area contributed by atoms with Gasteiger partial charge in [-0.2, -0.15) is 0 Å². The standard InChI is InChI=1S/C18H21NO2/c1-2-11-21-18-6-4-3-5-17(18)13-19-12-15-7-9-16(14-20)10-8-15/h2-10,19-20H,1,11-14H2. The van der Waals surface area contributed by atoms with Crippen LogP contribution in [0, 0.1) is 0 Å². The molecule has 3 nitrogen and oxygen atoms in total. The molecule has 0 saturated carbocycles. The van der Waals surface area contributed by atoms with E-state index in [-0.39, 0.29) is 6.61 Å². The normalized spacial score (nSPS) is 10.3. The molecule has 0 fully saturated rings. The molecule has 0 saturated heterocycles. The van der Waals surface area contributed by atoms with Crippen LogP contribution in [-0.4, -0.2) is 11.7 Å². The molecule has 2 rings (SSSR count). The molecule has 0 amide bonds. The average Bonchev–Trinajstić information content (AvgIpc) is 2.54. The molecule has 0 aliphatic rings. The summed E-state index contributed by atoms with van der Waals surface area (Å²) in [5.41, 5.74) is 3.25. The SMILES string of the molecule is C=CCOc1ccccc1CNCc1ccc(CO)cc1. The summed E-state index contributed by atoms with van der Waals surface area (Å²) in [7, 11) is 0. The van der Waals surface area contributed by atoms with Crippen LogP contribution in [0.15, 0.2) is 61.2 Å². The van der Waals surface area contributed by atoms with Crippen LogP contribution >= 0.6 is 0 Å². The Kier molecular flexibility index (Phi) is 6.00. The van der Waals surface area contributed by atoms with Crippen LogP contribution in [0.4, 0.5) is 0 Å². The lowest BCUT2D eigenvalue weighted by Crippen LogP contribution is -2.13. The average molecular weight is 283 g/mol. The number of hydrogen-bond donors (Lipinski definition) is 2. The van der Waals surface area contributed by atoms with Crippen LogP contribution in [-0.2, 0) is 19.7 Å². The molecule has 0 radical (unpaired) electrons. The fourth-order valence-corrected chi connectivity index (χ4v) is 2.04. The van der Waals surface area contributed by atoms with E-state index in [9.17, 15) is 0 Å². The number of benzene rings is 2. The van der Waals surface area contributed by atoms with E-state index in [1.165, 1.54) is 5.56 Å². The quantitative estimate of drug-likeness (QED) is 0.732. The zero-order valence-corrected chi connectivity index (χ0v) is 12.1. The van der Waals surface area contributed by atoms with Gasteiger partial charge in [0.15, 0.2) is 0 Å². The minimum Gasteiger partial charge on any atom is -0.489 e. The first-order chi connectivity index (χ1) is 10.3. The number of para-hydroxylation sites is 1. The highest BCUT2D eigenvalue weighted by Gasteiger charge is 2.02. The first-order valence-corrected chi connectivity index (χ1v) is 7.04. The summed E-state index contributed by atoms with van der Waals surface area (Å²) < 4.78 is 5.63. The molecular weight excluding hydrogens is 262 g/mol. The Morgan fingerprint density at radius 3 is 2.43 bits per heavy atom. The largest absolute Gasteiger partial charge is 0.489 e. The van der Waals surface area contributed by atoms with Gasteiger partial charge in [-0.05, 0) is 17.2 Å². The molecule has 0 aromatic heterocycles. The number of ether oxygens (including phenoxy) is 1. The zero-order chi connectivity index (χ0) is 14.9. The van der Waals surface area contributed by atoms with Crippen molar-refractivity contribution in [3.05, 3.63) is 77.9 Å². The van der Waals surface area contributed by atoms with E-state index < -0.39 is 0 Å². The molecule has 2 aromatic carbocycles. The first kappa shape index (κ1) is 15.3. The molecule has 110 valence electrons. The lowest BCUT2D eigenvalue weighted by molar-refractivity contribution is 0.282. The van der Waals surface area contributed by atoms with Crippen molar-refractivity contribution >= 4 is 0 Å². The summed E-state index contributed by atoms with van der Waals surface area (Å²) in [6.45, 7) is 5.79. The molecule has 3 heteroatoms. The Bertz CT molecular complexity index is 564. The van der Waals surface area contributed by atoms with Gasteiger partial charge < -0.3 is 15.2 Å². The Hall–Kier alpha value is -2.10. The molecule has 2 aromatic rings. The van der Waals surface area contributed by atoms with Crippen molar-refractivity contribution < 1.29 is 9.84 Å². The van der Waals surface area contributed by atoms with Crippen LogP contribution < -0.4 is 10.1 Å². The second-order valence-corrected chi connectivity index (χ2v) is 4.79. The number of rotatable bonds is 8. The first-order valence-electron chi connectivity index (χ1n) is 7.04. The highest BCUT2D eigenvalue weighted by molar-refractivity contribution is 5.33. The Balaban J connectivity index is 1.89. The van der Waals surface area contributed by atoms with E-state index in [0.29, 0.717) is 6.61 Å². The third kappa shape index (κ3) is 4.74. The molecule has 0 aliphatic heterocycles. The molecule has 0 unspecified atom stereocenters. The lowest BCUT2D eigenvalue weighted by Gasteiger charge is -2.11. The molecule has 21 heavy (non-hydrogen) atoms. The molecule has 0 atom stereocenters. The predicted molar refractivity (Wildman–Crippen MR) is 85.0 cm³/mol. The maximum atomic E-state index is 9.02. The fourth-order valence-electron chi connectivity index (χ4n) is 2.04. The Labute approximate surface area is 125 Å². The summed E-state index contributed by atoms with van der Waals surface area (Å²) >= 11 is 0. The Morgan fingerprint density at radius 1 is 1.00 bits per heavy atom. The van der Waals surface area contributed by atoms with E-state index in [0.717, 1.165) is 30.0 Å². The van der Waals surface area contributed by atoms with Gasteiger partial charge in [0.2, 0.25) is 0 Å². The summed E-state index contributed by atoms with van der Waals surface area (Å²) in [6, 6.07) is 15.9. The molecule has 0 aliphatic carbocycles. The topological polar surface area (TPSA) is 41.5 Å². The number of nitrogens with one attached hydrogen (secondary N) is 1. The maximum absolute atomic E-state index is 9.02. The van der Waals surface area contributed by atoms with E-state index >= 15 is 0 Å². The van der Waals surface area contributed by atoms with Gasteiger partial charge in [0, 0.05) is 18.7 Å². The Morgan fingerprint density at radius 2 is 1.71 bits per heavy atom. The molecular formula is C18H21NO2. The van der Waals surface area contributed by atoms with Crippen molar-refractivity contribution in [2.75, 3.05) is 6.61 Å². The van der Waals surface area contributed by atoms with Crippen LogP contribution in [0.1, 0.15) is 16.7 Å². The summed E-state index contributed by atoms with van der Waals surface area (Å²) in [4.78, 5) is 0. The van der Waals surface area contributed by atoms with Crippen molar-refractivity contribution in [2.24, 2.45) is 0 Å². The van der Waals surface area contributed by atoms with Gasteiger partial charge in [0.05, 0.1) is 6.61 Å². The van der Waals surface area contributed by atoms with Crippen molar-refractivity contribution in [1.82, 2.24) is 5.32 Å². The summed E-state index contributed by atoms with van der Waals surface area (Å²) in [5, 5.41) is 12.4. The highest BCUT2D eigenvalue weighted by atomic mass is 16.5. The van der Waals surface area contributed by atoms with Crippen LogP contribution in [0.25, 0.3) is 0 Å².